The molecule has 2 rings (SSSR count). The molecule has 2 aromatic carbocycles. The summed E-state index contributed by atoms with van der Waals surface area (Å²) < 4.78 is 38.1. The van der Waals surface area contributed by atoms with Gasteiger partial charge in [-0.05, 0) is 54.2 Å². The van der Waals surface area contributed by atoms with E-state index in [1.807, 2.05) is 0 Å². The van der Waals surface area contributed by atoms with Gasteiger partial charge in [0.1, 0.15) is 0 Å². The molecule has 0 radical (unpaired) electrons. The first kappa shape index (κ1) is 19.7. The Bertz CT molecular complexity index is 791. The monoisotopic (exact) mass is 381 g/mol. The van der Waals surface area contributed by atoms with Gasteiger partial charge in [0.25, 0.3) is 0 Å². The van der Waals surface area contributed by atoms with Gasteiger partial charge in [-0.1, -0.05) is 12.1 Å². The molecule has 26 heavy (non-hydrogen) atoms. The van der Waals surface area contributed by atoms with Crippen LogP contribution in [-0.4, -0.2) is 18.1 Å². The molecule has 0 atom stereocenters. The molecule has 2 aromatic rings. The maximum absolute atomic E-state index is 12.7. The van der Waals surface area contributed by atoms with Crippen molar-refractivity contribution in [2.24, 2.45) is 0 Å². The number of halogens is 3. The van der Waals surface area contributed by atoms with Crippen LogP contribution in [0.1, 0.15) is 18.1 Å². The van der Waals surface area contributed by atoms with Gasteiger partial charge in [-0.15, -0.1) is 0 Å². The molecule has 4 nitrogen and oxygen atoms in total. The second-order valence-corrected chi connectivity index (χ2v) is 6.04. The predicted octanol–water partition coefficient (Wildman–Crippen LogP) is 4.17. The molecule has 0 unspecified atom stereocenters. The molecular weight excluding hydrogens is 363 g/mol. The van der Waals surface area contributed by atoms with Crippen molar-refractivity contribution in [2.45, 2.75) is 19.6 Å². The first-order valence-electron chi connectivity index (χ1n) is 7.72. The SMILES string of the molecule is CC(=O)N(C)c1ccc(NC(=S)NCc2cccc(C(F)(F)F)c2)cc1. The Balaban J connectivity index is 1.92. The molecule has 0 fully saturated rings. The molecular formula is C18H18F3N3OS. The lowest BCUT2D eigenvalue weighted by Crippen LogP contribution is -2.28. The third-order valence-corrected chi connectivity index (χ3v) is 3.94. The minimum absolute atomic E-state index is 0.0796. The number of alkyl halides is 3. The van der Waals surface area contributed by atoms with Crippen molar-refractivity contribution in [3.8, 4) is 0 Å². The standard InChI is InChI=1S/C18H18F3N3OS/c1-12(25)24(2)16-8-6-15(7-9-16)23-17(26)22-11-13-4-3-5-14(10-13)18(19,20)21/h3-10H,11H2,1-2H3,(H2,22,23,26). The first-order chi connectivity index (χ1) is 12.2. The van der Waals surface area contributed by atoms with Crippen molar-refractivity contribution >= 4 is 34.6 Å². The van der Waals surface area contributed by atoms with E-state index in [0.29, 0.717) is 11.3 Å². The Kier molecular flexibility index (Phi) is 6.20. The number of thiocarbonyl (C=S) groups is 1. The highest BCUT2D eigenvalue weighted by molar-refractivity contribution is 7.80. The zero-order valence-electron chi connectivity index (χ0n) is 14.2. The molecule has 0 heterocycles. The Labute approximate surface area is 155 Å². The van der Waals surface area contributed by atoms with Crippen molar-refractivity contribution in [2.75, 3.05) is 17.3 Å². The lowest BCUT2D eigenvalue weighted by Gasteiger charge is -2.16. The Hall–Kier alpha value is -2.61. The van der Waals surface area contributed by atoms with Gasteiger partial charge >= 0.3 is 6.18 Å². The van der Waals surface area contributed by atoms with Crippen LogP contribution in [0.15, 0.2) is 48.5 Å². The summed E-state index contributed by atoms with van der Waals surface area (Å²) in [4.78, 5) is 12.8. The molecule has 0 aliphatic rings. The van der Waals surface area contributed by atoms with Crippen LogP contribution in [-0.2, 0) is 17.5 Å². The summed E-state index contributed by atoms with van der Waals surface area (Å²) >= 11 is 5.16. The van der Waals surface area contributed by atoms with Gasteiger partial charge in [-0.3, -0.25) is 4.79 Å². The zero-order valence-corrected chi connectivity index (χ0v) is 15.0. The molecule has 0 saturated carbocycles. The van der Waals surface area contributed by atoms with E-state index in [1.54, 1.807) is 37.4 Å². The maximum atomic E-state index is 12.7. The molecule has 2 N–H and O–H groups in total. The summed E-state index contributed by atoms with van der Waals surface area (Å²) in [5.74, 6) is -0.0796. The summed E-state index contributed by atoms with van der Waals surface area (Å²) in [6.07, 6.45) is -4.37. The van der Waals surface area contributed by atoms with Gasteiger partial charge in [0.05, 0.1) is 5.56 Å². The Morgan fingerprint density at radius 2 is 1.81 bits per heavy atom. The van der Waals surface area contributed by atoms with Gasteiger partial charge in [-0.25, -0.2) is 0 Å². The van der Waals surface area contributed by atoms with Crippen LogP contribution < -0.4 is 15.5 Å². The number of nitrogens with one attached hydrogen (secondary N) is 2. The van der Waals surface area contributed by atoms with Crippen LogP contribution in [0.2, 0.25) is 0 Å². The van der Waals surface area contributed by atoms with Crippen molar-refractivity contribution in [3.63, 3.8) is 0 Å². The fourth-order valence-electron chi connectivity index (χ4n) is 2.17. The van der Waals surface area contributed by atoms with Crippen molar-refractivity contribution < 1.29 is 18.0 Å². The summed E-state index contributed by atoms with van der Waals surface area (Å²) in [7, 11) is 1.67. The maximum Gasteiger partial charge on any atom is 0.416 e. The number of anilines is 2. The van der Waals surface area contributed by atoms with Gasteiger partial charge in [0.2, 0.25) is 5.91 Å². The lowest BCUT2D eigenvalue weighted by atomic mass is 10.1. The number of hydrogen-bond acceptors (Lipinski definition) is 2. The Morgan fingerprint density at radius 1 is 1.15 bits per heavy atom. The highest BCUT2D eigenvalue weighted by atomic mass is 32.1. The van der Waals surface area contributed by atoms with Crippen LogP contribution in [0.5, 0.6) is 0 Å². The van der Waals surface area contributed by atoms with E-state index in [0.717, 1.165) is 17.8 Å². The number of amides is 1. The second kappa shape index (κ2) is 8.18. The number of benzene rings is 2. The van der Waals surface area contributed by atoms with Gasteiger partial charge in [0, 0.05) is 31.9 Å². The summed E-state index contributed by atoms with van der Waals surface area (Å²) in [6.45, 7) is 1.64. The highest BCUT2D eigenvalue weighted by Gasteiger charge is 2.30. The number of rotatable bonds is 4. The third-order valence-electron chi connectivity index (χ3n) is 3.69. The average Bonchev–Trinajstić information content (AvgIpc) is 2.59. The van der Waals surface area contributed by atoms with Crippen LogP contribution in [0.3, 0.4) is 0 Å². The van der Waals surface area contributed by atoms with E-state index >= 15 is 0 Å². The molecule has 138 valence electrons. The number of hydrogen-bond donors (Lipinski definition) is 2. The van der Waals surface area contributed by atoms with Crippen molar-refractivity contribution in [3.05, 3.63) is 59.7 Å². The smallest absolute Gasteiger partial charge is 0.358 e. The Morgan fingerprint density at radius 3 is 2.38 bits per heavy atom. The third kappa shape index (κ3) is 5.45. The largest absolute Gasteiger partial charge is 0.416 e. The predicted molar refractivity (Wildman–Crippen MR) is 100 cm³/mol. The van der Waals surface area contributed by atoms with E-state index in [4.69, 9.17) is 12.2 Å². The van der Waals surface area contributed by atoms with E-state index in [9.17, 15) is 18.0 Å². The van der Waals surface area contributed by atoms with Crippen LogP contribution in [0.25, 0.3) is 0 Å². The van der Waals surface area contributed by atoms with E-state index in [-0.39, 0.29) is 17.6 Å². The normalized spacial score (nSPS) is 11.0. The fourth-order valence-corrected chi connectivity index (χ4v) is 2.36. The van der Waals surface area contributed by atoms with Gasteiger partial charge < -0.3 is 15.5 Å². The summed E-state index contributed by atoms with van der Waals surface area (Å²) in [5, 5.41) is 6.10. The van der Waals surface area contributed by atoms with Crippen molar-refractivity contribution in [1.29, 1.82) is 0 Å². The summed E-state index contributed by atoms with van der Waals surface area (Å²) in [6, 6.07) is 12.1. The topological polar surface area (TPSA) is 44.4 Å². The number of nitrogens with zero attached hydrogens (tertiary/aromatic N) is 1. The van der Waals surface area contributed by atoms with Crippen LogP contribution >= 0.6 is 12.2 Å². The minimum Gasteiger partial charge on any atom is -0.358 e. The highest BCUT2D eigenvalue weighted by Crippen LogP contribution is 2.29. The quantitative estimate of drug-likeness (QED) is 0.780. The van der Waals surface area contributed by atoms with Crippen LogP contribution in [0, 0.1) is 0 Å². The number of carbonyl (C=O) groups excluding carboxylic acids is 1. The van der Waals surface area contributed by atoms with Gasteiger partial charge in [0.15, 0.2) is 5.11 Å². The molecule has 0 spiro atoms. The van der Waals surface area contributed by atoms with E-state index < -0.39 is 11.7 Å². The van der Waals surface area contributed by atoms with Crippen molar-refractivity contribution in [1.82, 2.24) is 5.32 Å². The molecule has 0 aromatic heterocycles. The lowest BCUT2D eigenvalue weighted by molar-refractivity contribution is -0.137. The first-order valence-corrected chi connectivity index (χ1v) is 8.13. The molecule has 1 amide bonds. The van der Waals surface area contributed by atoms with Gasteiger partial charge in [-0.2, -0.15) is 13.2 Å². The molecule has 8 heteroatoms. The van der Waals surface area contributed by atoms with E-state index in [2.05, 4.69) is 10.6 Å². The average molecular weight is 381 g/mol. The second-order valence-electron chi connectivity index (χ2n) is 5.63. The molecule has 0 bridgehead atoms. The molecule has 0 aliphatic carbocycles. The summed E-state index contributed by atoms with van der Waals surface area (Å²) in [5.41, 5.74) is 1.22. The number of carbonyl (C=O) groups is 1. The zero-order chi connectivity index (χ0) is 19.3. The van der Waals surface area contributed by atoms with E-state index in [1.165, 1.54) is 17.9 Å². The van der Waals surface area contributed by atoms with Crippen LogP contribution in [0.4, 0.5) is 24.5 Å². The molecule has 0 aliphatic heterocycles. The molecule has 0 saturated heterocycles. The fraction of sp³-hybridized carbons (Fsp3) is 0.222. The minimum atomic E-state index is -4.37.